The van der Waals surface area contributed by atoms with Crippen LogP contribution in [0.1, 0.15) is 56.1 Å². The summed E-state index contributed by atoms with van der Waals surface area (Å²) >= 11 is 0. The smallest absolute Gasteiger partial charge is 0.192 e. The molecule has 4 nitrogen and oxygen atoms in total. The number of ketones is 1. The van der Waals surface area contributed by atoms with Crippen LogP contribution in [0.4, 0.5) is 0 Å². The SMILES string of the molecule is COc1ccc(C(=O)C[C@H](C)[C@H](O[Si](C)(C)C(C)(C)C)c2ccc(OC)cc2)cc1. The highest BCUT2D eigenvalue weighted by atomic mass is 28.4. The summed E-state index contributed by atoms with van der Waals surface area (Å²) in [7, 11) is 1.25. The molecule has 164 valence electrons. The molecule has 2 aromatic carbocycles. The van der Waals surface area contributed by atoms with Crippen LogP contribution >= 0.6 is 0 Å². The lowest BCUT2D eigenvalue weighted by Crippen LogP contribution is -2.43. The Morgan fingerprint density at radius 2 is 1.37 bits per heavy atom. The molecule has 0 aliphatic rings. The first-order valence-corrected chi connectivity index (χ1v) is 13.4. The lowest BCUT2D eigenvalue weighted by molar-refractivity contribution is 0.0854. The average molecular weight is 429 g/mol. The third-order valence-corrected chi connectivity index (χ3v) is 10.6. The zero-order valence-electron chi connectivity index (χ0n) is 19.6. The molecule has 0 aliphatic carbocycles. The number of hydrogen-bond acceptors (Lipinski definition) is 4. The number of carbonyl (C=O) groups is 1. The van der Waals surface area contributed by atoms with Crippen molar-refractivity contribution in [3.05, 3.63) is 59.7 Å². The van der Waals surface area contributed by atoms with Crippen molar-refractivity contribution in [3.8, 4) is 11.5 Å². The van der Waals surface area contributed by atoms with Gasteiger partial charge in [0.15, 0.2) is 14.1 Å². The summed E-state index contributed by atoms with van der Waals surface area (Å²) < 4.78 is 17.3. The summed E-state index contributed by atoms with van der Waals surface area (Å²) in [5.41, 5.74) is 1.78. The van der Waals surface area contributed by atoms with Crippen molar-refractivity contribution in [1.29, 1.82) is 0 Å². The number of rotatable bonds is 9. The van der Waals surface area contributed by atoms with Gasteiger partial charge in [0.1, 0.15) is 11.5 Å². The van der Waals surface area contributed by atoms with Gasteiger partial charge >= 0.3 is 0 Å². The monoisotopic (exact) mass is 428 g/mol. The Morgan fingerprint density at radius 1 is 0.900 bits per heavy atom. The van der Waals surface area contributed by atoms with Gasteiger partial charge in [-0.05, 0) is 66.0 Å². The molecule has 0 fully saturated rings. The van der Waals surface area contributed by atoms with Crippen molar-refractivity contribution >= 4 is 14.1 Å². The van der Waals surface area contributed by atoms with E-state index in [0.717, 1.165) is 17.1 Å². The van der Waals surface area contributed by atoms with E-state index >= 15 is 0 Å². The average Bonchev–Trinajstić information content (AvgIpc) is 2.71. The zero-order valence-corrected chi connectivity index (χ0v) is 20.6. The first-order valence-electron chi connectivity index (χ1n) is 10.5. The third kappa shape index (κ3) is 5.96. The lowest BCUT2D eigenvalue weighted by atomic mass is 9.91. The second-order valence-electron chi connectivity index (χ2n) is 9.41. The Morgan fingerprint density at radius 3 is 1.80 bits per heavy atom. The summed E-state index contributed by atoms with van der Waals surface area (Å²) in [6.45, 7) is 13.3. The van der Waals surface area contributed by atoms with Crippen molar-refractivity contribution < 1.29 is 18.7 Å². The Labute approximate surface area is 182 Å². The van der Waals surface area contributed by atoms with E-state index in [1.807, 2.05) is 48.5 Å². The van der Waals surface area contributed by atoms with Crippen molar-refractivity contribution in [3.63, 3.8) is 0 Å². The number of Topliss-reactive ketones (excluding diaryl/α,β-unsaturated/α-hetero) is 1. The van der Waals surface area contributed by atoms with Crippen LogP contribution in [0.5, 0.6) is 11.5 Å². The number of methoxy groups -OCH3 is 2. The number of hydrogen-bond donors (Lipinski definition) is 0. The van der Waals surface area contributed by atoms with Crippen LogP contribution in [0.3, 0.4) is 0 Å². The van der Waals surface area contributed by atoms with Crippen molar-refractivity contribution in [1.82, 2.24) is 0 Å². The molecule has 0 unspecified atom stereocenters. The Hall–Kier alpha value is -2.11. The van der Waals surface area contributed by atoms with Crippen molar-refractivity contribution in [2.45, 2.75) is 58.4 Å². The van der Waals surface area contributed by atoms with Gasteiger partial charge in [-0.2, -0.15) is 0 Å². The second kappa shape index (κ2) is 9.80. The minimum atomic E-state index is -2.04. The van der Waals surface area contributed by atoms with E-state index < -0.39 is 8.32 Å². The van der Waals surface area contributed by atoms with Crippen LogP contribution < -0.4 is 9.47 Å². The van der Waals surface area contributed by atoms with Crippen molar-refractivity contribution in [2.75, 3.05) is 14.2 Å². The zero-order chi connectivity index (χ0) is 22.5. The first kappa shape index (κ1) is 24.2. The van der Waals surface area contributed by atoms with Gasteiger partial charge in [-0.25, -0.2) is 0 Å². The largest absolute Gasteiger partial charge is 0.497 e. The molecule has 0 amide bonds. The highest BCUT2D eigenvalue weighted by Gasteiger charge is 2.40. The molecule has 0 saturated heterocycles. The minimum Gasteiger partial charge on any atom is -0.497 e. The maximum absolute atomic E-state index is 12.9. The summed E-state index contributed by atoms with van der Waals surface area (Å²) in [4.78, 5) is 12.9. The van der Waals surface area contributed by atoms with Crippen LogP contribution in [0.2, 0.25) is 18.1 Å². The normalized spacial score (nSPS) is 14.1. The summed E-state index contributed by atoms with van der Waals surface area (Å²) in [5.74, 6) is 1.70. The summed E-state index contributed by atoms with van der Waals surface area (Å²) in [6.07, 6.45) is 0.261. The van der Waals surface area contributed by atoms with E-state index in [2.05, 4.69) is 40.8 Å². The molecule has 0 spiro atoms. The molecule has 30 heavy (non-hydrogen) atoms. The molecule has 2 rings (SSSR count). The molecule has 0 bridgehead atoms. The fourth-order valence-corrected chi connectivity index (χ4v) is 4.45. The quantitative estimate of drug-likeness (QED) is 0.330. The lowest BCUT2D eigenvalue weighted by Gasteiger charge is -2.41. The Balaban J connectivity index is 2.28. The number of benzene rings is 2. The fraction of sp³-hybridized carbons (Fsp3) is 0.480. The molecule has 0 radical (unpaired) electrons. The van der Waals surface area contributed by atoms with Crippen LogP contribution in [0, 0.1) is 5.92 Å². The van der Waals surface area contributed by atoms with E-state index in [0.29, 0.717) is 12.0 Å². The Bertz CT molecular complexity index is 820. The van der Waals surface area contributed by atoms with Gasteiger partial charge in [0, 0.05) is 12.0 Å². The van der Waals surface area contributed by atoms with Gasteiger partial charge in [0.25, 0.3) is 0 Å². The molecule has 0 aliphatic heterocycles. The van der Waals surface area contributed by atoms with Crippen LogP contribution in [-0.4, -0.2) is 28.3 Å². The van der Waals surface area contributed by atoms with E-state index in [4.69, 9.17) is 13.9 Å². The fourth-order valence-electron chi connectivity index (χ4n) is 3.09. The molecule has 0 aromatic heterocycles. The van der Waals surface area contributed by atoms with E-state index in [9.17, 15) is 4.79 Å². The molecule has 5 heteroatoms. The molecule has 0 heterocycles. The molecule has 2 atom stereocenters. The van der Waals surface area contributed by atoms with E-state index in [-0.39, 0.29) is 22.8 Å². The van der Waals surface area contributed by atoms with Crippen LogP contribution in [0.25, 0.3) is 0 Å². The molecule has 0 N–H and O–H groups in total. The van der Waals surface area contributed by atoms with Gasteiger partial charge in [-0.1, -0.05) is 39.8 Å². The molecular weight excluding hydrogens is 392 g/mol. The van der Waals surface area contributed by atoms with Gasteiger partial charge < -0.3 is 13.9 Å². The maximum atomic E-state index is 12.9. The highest BCUT2D eigenvalue weighted by Crippen LogP contribution is 2.42. The topological polar surface area (TPSA) is 44.8 Å². The standard InChI is InChI=1S/C25H36O4Si/c1-18(17-23(26)19-9-13-21(27-5)14-10-19)24(29-30(7,8)25(2,3)4)20-11-15-22(28-6)16-12-20/h9-16,18,24H,17H2,1-8H3/t18-,24-/m0/s1. The van der Waals surface area contributed by atoms with Crippen LogP contribution in [-0.2, 0) is 4.43 Å². The van der Waals surface area contributed by atoms with Crippen molar-refractivity contribution in [2.24, 2.45) is 5.92 Å². The van der Waals surface area contributed by atoms with E-state index in [1.165, 1.54) is 0 Å². The van der Waals surface area contributed by atoms with Gasteiger partial charge in [-0.3, -0.25) is 4.79 Å². The Kier molecular flexibility index (Phi) is 7.89. The van der Waals surface area contributed by atoms with Gasteiger partial charge in [0.05, 0.1) is 20.3 Å². The molecule has 2 aromatic rings. The van der Waals surface area contributed by atoms with Gasteiger partial charge in [-0.15, -0.1) is 0 Å². The third-order valence-electron chi connectivity index (χ3n) is 6.11. The molecule has 0 saturated carbocycles. The maximum Gasteiger partial charge on any atom is 0.192 e. The minimum absolute atomic E-state index is 0.0297. The molecular formula is C25H36O4Si. The summed E-state index contributed by atoms with van der Waals surface area (Å²) in [6, 6.07) is 15.3. The van der Waals surface area contributed by atoms with Gasteiger partial charge in [0.2, 0.25) is 0 Å². The predicted molar refractivity (Wildman–Crippen MR) is 125 cm³/mol. The predicted octanol–water partition coefficient (Wildman–Crippen LogP) is 6.68. The highest BCUT2D eigenvalue weighted by molar-refractivity contribution is 6.74. The van der Waals surface area contributed by atoms with Crippen LogP contribution in [0.15, 0.2) is 48.5 Å². The number of ether oxygens (including phenoxy) is 2. The number of carbonyl (C=O) groups excluding carboxylic acids is 1. The second-order valence-corrected chi connectivity index (χ2v) is 14.2. The first-order chi connectivity index (χ1) is 14.0. The van der Waals surface area contributed by atoms with E-state index in [1.54, 1.807) is 14.2 Å². The summed E-state index contributed by atoms with van der Waals surface area (Å²) in [5, 5.41) is 0.0808.